The Morgan fingerprint density at radius 2 is 2.27 bits per heavy atom. The lowest BCUT2D eigenvalue weighted by molar-refractivity contribution is 0.162. The maximum Gasteiger partial charge on any atom is 0.358 e. The van der Waals surface area contributed by atoms with Crippen molar-refractivity contribution < 1.29 is 15.1 Å². The fraction of sp³-hybridized carbons (Fsp3) is 0. The molecular weight excluding hydrogens is 266 g/mol. The van der Waals surface area contributed by atoms with Crippen molar-refractivity contribution in [2.45, 2.75) is 0 Å². The topological polar surface area (TPSA) is 94.0 Å². The van der Waals surface area contributed by atoms with Crippen molar-refractivity contribution in [2.75, 3.05) is 0 Å². The molecule has 1 rings (SSSR count). The van der Waals surface area contributed by atoms with E-state index in [1.54, 1.807) is 12.1 Å². The molecule has 0 bridgehead atoms. The number of aromatic hydroxyl groups is 1. The van der Waals surface area contributed by atoms with Crippen LogP contribution >= 0.6 is 15.9 Å². The molecule has 0 saturated carbocycles. The van der Waals surface area contributed by atoms with E-state index < -0.39 is 6.03 Å². The zero-order valence-electron chi connectivity index (χ0n) is 7.44. The second-order valence-electron chi connectivity index (χ2n) is 2.51. The van der Waals surface area contributed by atoms with E-state index in [0.29, 0.717) is 5.56 Å². The van der Waals surface area contributed by atoms with E-state index in [4.69, 9.17) is 5.21 Å². The number of nitrogens with one attached hydrogen (secondary N) is 2. The number of nitrogens with zero attached hydrogens (tertiary/aromatic N) is 1. The van der Waals surface area contributed by atoms with Gasteiger partial charge in [-0.3, -0.25) is 5.21 Å². The molecule has 0 spiro atoms. The Bertz CT molecular complexity index is 395. The van der Waals surface area contributed by atoms with Gasteiger partial charge in [-0.05, 0) is 18.2 Å². The van der Waals surface area contributed by atoms with Crippen molar-refractivity contribution in [3.05, 3.63) is 28.2 Å². The second-order valence-corrected chi connectivity index (χ2v) is 3.43. The third-order valence-electron chi connectivity index (χ3n) is 1.46. The summed E-state index contributed by atoms with van der Waals surface area (Å²) in [6.07, 6.45) is 1.25. The predicted octanol–water partition coefficient (Wildman–Crippen LogP) is 1.18. The highest BCUT2D eigenvalue weighted by molar-refractivity contribution is 9.10. The van der Waals surface area contributed by atoms with E-state index in [0.717, 1.165) is 4.47 Å². The SMILES string of the molecule is O=C(NO)N/N=C/c1cc(Br)ccc1O. The first-order valence-corrected chi connectivity index (χ1v) is 4.64. The summed E-state index contributed by atoms with van der Waals surface area (Å²) in [6, 6.07) is 3.91. The first-order valence-electron chi connectivity index (χ1n) is 3.85. The maximum atomic E-state index is 10.5. The molecule has 1 aromatic rings. The third kappa shape index (κ3) is 3.56. The summed E-state index contributed by atoms with van der Waals surface area (Å²) in [5, 5.41) is 21.0. The van der Waals surface area contributed by atoms with E-state index in [-0.39, 0.29) is 5.75 Å². The number of phenols is 1. The predicted molar refractivity (Wildman–Crippen MR) is 56.9 cm³/mol. The van der Waals surface area contributed by atoms with Crippen LogP contribution < -0.4 is 10.9 Å². The molecule has 0 radical (unpaired) electrons. The van der Waals surface area contributed by atoms with Crippen LogP contribution in [0.4, 0.5) is 4.79 Å². The van der Waals surface area contributed by atoms with Gasteiger partial charge in [-0.2, -0.15) is 5.10 Å². The Morgan fingerprint density at radius 3 is 2.93 bits per heavy atom. The van der Waals surface area contributed by atoms with Gasteiger partial charge in [0.15, 0.2) is 0 Å². The first-order chi connectivity index (χ1) is 7.13. The molecule has 0 aromatic heterocycles. The lowest BCUT2D eigenvalue weighted by Crippen LogP contribution is -2.29. The van der Waals surface area contributed by atoms with Gasteiger partial charge in [0.05, 0.1) is 6.21 Å². The Morgan fingerprint density at radius 1 is 1.53 bits per heavy atom. The van der Waals surface area contributed by atoms with Crippen LogP contribution in [-0.2, 0) is 0 Å². The van der Waals surface area contributed by atoms with Gasteiger partial charge >= 0.3 is 6.03 Å². The van der Waals surface area contributed by atoms with Gasteiger partial charge < -0.3 is 5.11 Å². The van der Waals surface area contributed by atoms with Crippen molar-refractivity contribution in [1.82, 2.24) is 10.9 Å². The van der Waals surface area contributed by atoms with Crippen molar-refractivity contribution in [3.63, 3.8) is 0 Å². The number of benzene rings is 1. The molecule has 0 heterocycles. The molecule has 1 aromatic carbocycles. The number of phenolic OH excluding ortho intramolecular Hbond substituents is 1. The zero-order valence-corrected chi connectivity index (χ0v) is 9.02. The molecule has 0 aliphatic carbocycles. The highest BCUT2D eigenvalue weighted by atomic mass is 79.9. The number of hydrazone groups is 1. The van der Waals surface area contributed by atoms with Crippen LogP contribution in [0.15, 0.2) is 27.8 Å². The minimum Gasteiger partial charge on any atom is -0.507 e. The molecule has 0 fully saturated rings. The van der Waals surface area contributed by atoms with Crippen LogP contribution in [0.2, 0.25) is 0 Å². The Labute approximate surface area is 93.7 Å². The summed E-state index contributed by atoms with van der Waals surface area (Å²) in [7, 11) is 0. The first kappa shape index (κ1) is 11.5. The van der Waals surface area contributed by atoms with Crippen molar-refractivity contribution >= 4 is 28.2 Å². The van der Waals surface area contributed by atoms with E-state index in [1.807, 2.05) is 5.43 Å². The van der Waals surface area contributed by atoms with Gasteiger partial charge in [0.25, 0.3) is 0 Å². The summed E-state index contributed by atoms with van der Waals surface area (Å²) in [5.41, 5.74) is 3.75. The van der Waals surface area contributed by atoms with Crippen molar-refractivity contribution in [2.24, 2.45) is 5.10 Å². The van der Waals surface area contributed by atoms with Crippen LogP contribution in [0.25, 0.3) is 0 Å². The molecular formula is C8H8BrN3O3. The summed E-state index contributed by atoms with van der Waals surface area (Å²) in [5.74, 6) is 0.0353. The molecule has 0 aliphatic rings. The van der Waals surface area contributed by atoms with E-state index in [2.05, 4.69) is 21.0 Å². The molecule has 4 N–H and O–H groups in total. The molecule has 15 heavy (non-hydrogen) atoms. The van der Waals surface area contributed by atoms with Crippen LogP contribution in [0.5, 0.6) is 5.75 Å². The molecule has 7 heteroatoms. The lowest BCUT2D eigenvalue weighted by Gasteiger charge is -1.99. The fourth-order valence-corrected chi connectivity index (χ4v) is 1.19. The number of carbonyl (C=O) groups is 1. The summed E-state index contributed by atoms with van der Waals surface area (Å²) in [6.45, 7) is 0. The fourth-order valence-electron chi connectivity index (χ4n) is 0.814. The normalized spacial score (nSPS) is 10.3. The van der Waals surface area contributed by atoms with Gasteiger partial charge in [0, 0.05) is 10.0 Å². The number of carbonyl (C=O) groups excluding carboxylic acids is 1. The maximum absolute atomic E-state index is 10.5. The number of amides is 2. The summed E-state index contributed by atoms with van der Waals surface area (Å²) in [4.78, 5) is 10.5. The largest absolute Gasteiger partial charge is 0.507 e. The van der Waals surface area contributed by atoms with Gasteiger partial charge in [0.2, 0.25) is 0 Å². The molecule has 0 aliphatic heterocycles. The van der Waals surface area contributed by atoms with E-state index >= 15 is 0 Å². The van der Waals surface area contributed by atoms with Gasteiger partial charge in [0.1, 0.15) is 5.75 Å². The number of hydrogen-bond acceptors (Lipinski definition) is 4. The van der Waals surface area contributed by atoms with E-state index in [9.17, 15) is 9.90 Å². The minimum absolute atomic E-state index is 0.0353. The van der Waals surface area contributed by atoms with Crippen LogP contribution in [-0.4, -0.2) is 22.6 Å². The minimum atomic E-state index is -0.860. The average Bonchev–Trinajstić information content (AvgIpc) is 2.23. The Kier molecular flexibility index (Phi) is 4.07. The zero-order chi connectivity index (χ0) is 11.3. The lowest BCUT2D eigenvalue weighted by atomic mass is 10.2. The molecule has 2 amide bonds. The number of urea groups is 1. The standard InChI is InChI=1S/C8H8BrN3O3/c9-6-1-2-7(13)5(3-6)4-10-11-8(14)12-15/h1-4,13,15H,(H2,11,12,14)/b10-4+. The molecule has 80 valence electrons. The molecule has 0 saturated heterocycles. The second kappa shape index (κ2) is 5.32. The molecule has 0 unspecified atom stereocenters. The Hall–Kier alpha value is -1.60. The smallest absolute Gasteiger partial charge is 0.358 e. The highest BCUT2D eigenvalue weighted by Crippen LogP contribution is 2.19. The van der Waals surface area contributed by atoms with Gasteiger partial charge in [-0.15, -0.1) is 0 Å². The van der Waals surface area contributed by atoms with Crippen LogP contribution in [0.3, 0.4) is 0 Å². The highest BCUT2D eigenvalue weighted by Gasteiger charge is 1.98. The van der Waals surface area contributed by atoms with Crippen molar-refractivity contribution in [3.8, 4) is 5.75 Å². The number of rotatable bonds is 2. The molecule has 0 atom stereocenters. The van der Waals surface area contributed by atoms with Crippen LogP contribution in [0, 0.1) is 0 Å². The Balaban J connectivity index is 2.71. The third-order valence-corrected chi connectivity index (χ3v) is 1.95. The van der Waals surface area contributed by atoms with E-state index in [1.165, 1.54) is 17.8 Å². The summed E-state index contributed by atoms with van der Waals surface area (Å²) >= 11 is 3.22. The molecule has 6 nitrogen and oxygen atoms in total. The average molecular weight is 274 g/mol. The van der Waals surface area contributed by atoms with Gasteiger partial charge in [-0.1, -0.05) is 15.9 Å². The van der Waals surface area contributed by atoms with Crippen molar-refractivity contribution in [1.29, 1.82) is 0 Å². The monoisotopic (exact) mass is 273 g/mol. The number of hydroxylamine groups is 1. The summed E-state index contributed by atoms with van der Waals surface area (Å²) < 4.78 is 0.772. The quantitative estimate of drug-likeness (QED) is 0.370. The number of halogens is 1. The van der Waals surface area contributed by atoms with Gasteiger partial charge in [-0.25, -0.2) is 15.7 Å². The number of hydrogen-bond donors (Lipinski definition) is 4. The van der Waals surface area contributed by atoms with Crippen LogP contribution in [0.1, 0.15) is 5.56 Å².